The molecule has 3 N–H and O–H groups in total. The van der Waals surface area contributed by atoms with Gasteiger partial charge in [0.25, 0.3) is 14.1 Å². The summed E-state index contributed by atoms with van der Waals surface area (Å²) in [4.78, 5) is 56.3. The molecule has 2 heterocycles. The van der Waals surface area contributed by atoms with Gasteiger partial charge in [-0.2, -0.15) is 5.26 Å². The molecule has 1 aliphatic heterocycles. The summed E-state index contributed by atoms with van der Waals surface area (Å²) in [6.45, 7) is 20.9. The smallest absolute Gasteiger partial charge is 0.407 e. The first-order valence-corrected chi connectivity index (χ1v) is 34.2. The van der Waals surface area contributed by atoms with Gasteiger partial charge in [-0.1, -0.05) is 120 Å². The van der Waals surface area contributed by atoms with E-state index in [9.17, 15) is 24.4 Å². The van der Waals surface area contributed by atoms with E-state index < -0.39 is 55.8 Å². The lowest BCUT2D eigenvalue weighted by Crippen LogP contribution is -2.51. The van der Waals surface area contributed by atoms with Gasteiger partial charge in [-0.3, -0.25) is 19.1 Å². The van der Waals surface area contributed by atoms with Gasteiger partial charge in [0.05, 0.1) is 51.6 Å². The van der Waals surface area contributed by atoms with Crippen molar-refractivity contribution in [2.45, 2.75) is 188 Å². The number of benzene rings is 3. The molecule has 18 heteroatoms. The summed E-state index contributed by atoms with van der Waals surface area (Å²) in [6, 6.07) is 27.4. The summed E-state index contributed by atoms with van der Waals surface area (Å²) in [5.41, 5.74) is 1.84. The summed E-state index contributed by atoms with van der Waals surface area (Å²) in [6.07, 6.45) is 16.6. The highest BCUT2D eigenvalue weighted by molar-refractivity contribution is 7.44. The number of fused-ring (bicyclic) bond motifs is 5. The molecule has 5 aliphatic rings. The lowest BCUT2D eigenvalue weighted by molar-refractivity contribution is -0.116. The van der Waals surface area contributed by atoms with E-state index in [0.717, 1.165) is 72.0 Å². The minimum absolute atomic E-state index is 0.0120. The molecule has 17 nitrogen and oxygen atoms in total. The average Bonchev–Trinajstić information content (AvgIpc) is 1.34. The summed E-state index contributed by atoms with van der Waals surface area (Å²) in [5, 5.41) is 15.1. The van der Waals surface area contributed by atoms with Crippen LogP contribution in [-0.2, 0) is 33.7 Å². The number of allylic oxidation sites excluding steroid dienone is 1. The predicted molar refractivity (Wildman–Crippen MR) is 352 cm³/mol. The number of hydrogen-bond acceptors (Lipinski definition) is 13. The van der Waals surface area contributed by atoms with Crippen LogP contribution in [-0.4, -0.2) is 97.1 Å². The predicted octanol–water partition coefficient (Wildman–Crippen LogP) is 13.8. The molecular weight excluding hydrogens is 1160 g/mol. The number of methoxy groups -OCH3 is 2. The second-order valence-corrected chi connectivity index (χ2v) is 28.6. The van der Waals surface area contributed by atoms with Gasteiger partial charge in [0.15, 0.2) is 0 Å². The molecule has 90 heavy (non-hydrogen) atoms. The zero-order valence-electron chi connectivity index (χ0n) is 55.0. The number of alkyl carbamates (subject to hydrolysis) is 1. The number of aromatic nitrogens is 2. The molecule has 4 unspecified atom stereocenters. The molecule has 0 spiro atoms. The van der Waals surface area contributed by atoms with E-state index in [-0.39, 0.29) is 68.3 Å². The monoisotopic (exact) mass is 1250 g/mol. The molecule has 3 saturated carbocycles. The molecule has 4 aromatic rings. The van der Waals surface area contributed by atoms with Gasteiger partial charge in [0.2, 0.25) is 5.91 Å². The summed E-state index contributed by atoms with van der Waals surface area (Å²) >= 11 is 0. The van der Waals surface area contributed by atoms with Gasteiger partial charge in [0, 0.05) is 50.3 Å². The topological polar surface area (TPSA) is 205 Å². The van der Waals surface area contributed by atoms with Crippen molar-refractivity contribution in [2.24, 2.45) is 46.3 Å². The number of hydrogen-bond donors (Lipinski definition) is 3. The van der Waals surface area contributed by atoms with Gasteiger partial charge >= 0.3 is 11.8 Å². The van der Waals surface area contributed by atoms with E-state index in [4.69, 9.17) is 32.7 Å². The van der Waals surface area contributed by atoms with Crippen LogP contribution < -0.4 is 31.4 Å². The lowest BCUT2D eigenvalue weighted by Gasteiger charge is -2.58. The van der Waals surface area contributed by atoms with Gasteiger partial charge in [-0.15, -0.1) is 0 Å². The number of rotatable bonds is 28. The molecule has 4 fully saturated rings. The first-order valence-electron chi connectivity index (χ1n) is 33.1. The Morgan fingerprint density at radius 1 is 0.856 bits per heavy atom. The number of carbonyl (C=O) groups excluding carboxylic acids is 2. The van der Waals surface area contributed by atoms with E-state index in [1.54, 1.807) is 14.2 Å². The standard InChI is InChI=1S/C72H99N6O11P/c1-47(2)17-15-18-50(7)60-32-33-61-59-31-26-55-43-58(35-37-70(55,8)62(59)36-38-71(60,61)9)87-69(82)75-41-40-74-65(79)34-21-51-45-77(68(81)76-67(51)80)66-44-63(89-90(86-42-16-39-73)78(48(3)4)49(5)6)64(88-66)46-85-72(52-19-13-12-14-20-52,53-22-27-56(83-10)28-23-53)54-24-29-57(84-11)30-25-54/h12-14,19-30,34,45,47-50,58-64,66H,15-18,31-33,35-38,40-44,46H2,1-11H3,(H,74,79)(H,75,82)(H,76,80,81)/b34-21+/t50-,58+,59?,60-,61?,62?,63-,64-,66-,70+,71-,90?/m1/s1. The third kappa shape index (κ3) is 15.3. The van der Waals surface area contributed by atoms with Crippen molar-refractivity contribution in [3.8, 4) is 17.6 Å². The third-order valence-corrected chi connectivity index (χ3v) is 22.8. The van der Waals surface area contributed by atoms with Crippen LogP contribution in [0.15, 0.2) is 112 Å². The first-order chi connectivity index (χ1) is 43.2. The number of aromatic amines is 1. The Morgan fingerprint density at radius 3 is 2.17 bits per heavy atom. The largest absolute Gasteiger partial charge is 0.497 e. The molecule has 3 aromatic carbocycles. The molecule has 1 aromatic heterocycles. The summed E-state index contributed by atoms with van der Waals surface area (Å²) in [5.74, 6) is 5.40. The Balaban J connectivity index is 0.851. The van der Waals surface area contributed by atoms with E-state index >= 15 is 0 Å². The molecule has 9 rings (SSSR count). The molecule has 0 bridgehead atoms. The summed E-state index contributed by atoms with van der Waals surface area (Å²) < 4.78 is 48.2. The molecule has 1 saturated heterocycles. The Hall–Kier alpha value is -6.12. The zero-order valence-corrected chi connectivity index (χ0v) is 55.9. The maximum absolute atomic E-state index is 13.9. The van der Waals surface area contributed by atoms with E-state index in [1.807, 2.05) is 78.9 Å². The number of amides is 2. The van der Waals surface area contributed by atoms with Crippen LogP contribution in [0.3, 0.4) is 0 Å². The second-order valence-electron chi connectivity index (χ2n) is 27.2. The normalized spacial score (nSPS) is 26.4. The van der Waals surface area contributed by atoms with Crippen molar-refractivity contribution in [3.05, 3.63) is 146 Å². The Bertz CT molecular complexity index is 3200. The number of ether oxygens (including phenoxy) is 5. The number of nitrogens with one attached hydrogen (secondary N) is 3. The fraction of sp³-hybridized carbons (Fsp3) is 0.597. The highest BCUT2D eigenvalue weighted by atomic mass is 31.2. The lowest BCUT2D eigenvalue weighted by atomic mass is 9.47. The SMILES string of the molecule is COc1ccc(C(OC[C@H]2O[C@@H](n3cc(/C=C/C(=O)NCCNC(=O)O[C@H]4CC[C@@]5(C)C(=CCC6C5CC[C@@]5(C)C6CC[C@@H]5[C@H](C)CCCC(C)C)C4)c(=O)[nH]c3=O)C[C@H]2OP(OCCC#N)N(C(C)C)C(C)C)(c2ccccc2)c2ccc(OC)cc2)cc1. The number of carbonyl (C=O) groups is 2. The molecular formula is C72H99N6O11P. The van der Waals surface area contributed by atoms with Gasteiger partial charge in [-0.25, -0.2) is 14.3 Å². The molecule has 2 amide bonds. The maximum Gasteiger partial charge on any atom is 0.407 e. The van der Waals surface area contributed by atoms with Crippen LogP contribution in [0.4, 0.5) is 4.79 Å². The highest BCUT2D eigenvalue weighted by Gasteiger charge is 2.59. The van der Waals surface area contributed by atoms with Crippen LogP contribution in [0.25, 0.3) is 6.08 Å². The van der Waals surface area contributed by atoms with E-state index in [0.29, 0.717) is 22.8 Å². The van der Waals surface area contributed by atoms with Crippen LogP contribution in [0, 0.1) is 57.7 Å². The molecule has 12 atom stereocenters. The molecule has 488 valence electrons. The maximum atomic E-state index is 13.9. The van der Waals surface area contributed by atoms with Gasteiger partial charge in [0.1, 0.15) is 35.5 Å². The fourth-order valence-corrected chi connectivity index (χ4v) is 17.9. The van der Waals surface area contributed by atoms with Crippen molar-refractivity contribution >= 4 is 26.6 Å². The van der Waals surface area contributed by atoms with Crippen molar-refractivity contribution in [2.75, 3.05) is 40.5 Å². The Labute approximate surface area is 535 Å². The van der Waals surface area contributed by atoms with Crippen molar-refractivity contribution < 1.29 is 42.3 Å². The van der Waals surface area contributed by atoms with E-state index in [1.165, 1.54) is 73.4 Å². The van der Waals surface area contributed by atoms with Crippen LogP contribution in [0.5, 0.6) is 11.5 Å². The average molecular weight is 1260 g/mol. The van der Waals surface area contributed by atoms with Crippen LogP contribution in [0.1, 0.15) is 174 Å². The van der Waals surface area contributed by atoms with Crippen molar-refractivity contribution in [3.63, 3.8) is 0 Å². The van der Waals surface area contributed by atoms with Gasteiger partial charge in [-0.05, 0) is 166 Å². The fourth-order valence-electron chi connectivity index (χ4n) is 16.2. The number of H-pyrrole nitrogens is 1. The quantitative estimate of drug-likeness (QED) is 0.0159. The second kappa shape index (κ2) is 30.5. The van der Waals surface area contributed by atoms with E-state index in [2.05, 4.69) is 94.7 Å². The minimum Gasteiger partial charge on any atom is -0.497 e. The number of nitriles is 1. The third-order valence-electron chi connectivity index (χ3n) is 20.7. The number of nitrogens with zero attached hydrogens (tertiary/aromatic N) is 3. The van der Waals surface area contributed by atoms with Crippen LogP contribution >= 0.6 is 8.53 Å². The van der Waals surface area contributed by atoms with Crippen molar-refractivity contribution in [1.82, 2.24) is 24.9 Å². The molecule has 0 radical (unpaired) electrons. The Morgan fingerprint density at radius 2 is 1.52 bits per heavy atom. The van der Waals surface area contributed by atoms with Gasteiger partial charge < -0.3 is 43.4 Å². The Kier molecular flexibility index (Phi) is 23.2. The van der Waals surface area contributed by atoms with Crippen molar-refractivity contribution in [1.29, 1.82) is 5.26 Å². The molecule has 4 aliphatic carbocycles. The first kappa shape index (κ1) is 68.3. The van der Waals surface area contributed by atoms with Crippen LogP contribution in [0.2, 0.25) is 0 Å². The highest BCUT2D eigenvalue weighted by Crippen LogP contribution is 2.67. The zero-order chi connectivity index (χ0) is 64.3. The minimum atomic E-state index is -1.80. The summed E-state index contributed by atoms with van der Waals surface area (Å²) in [7, 11) is 1.43.